The first kappa shape index (κ1) is 27.1. The van der Waals surface area contributed by atoms with E-state index in [0.29, 0.717) is 52.7 Å². The number of carbonyl (C=O) groups excluding carboxylic acids is 1. The summed E-state index contributed by atoms with van der Waals surface area (Å²) in [6, 6.07) is 0. The second-order valence-electron chi connectivity index (χ2n) is 8.79. The SMILES string of the molecule is C=CCOC(=O)c1sc2nc(CN(CCCOC)CC(O)COC(C)(C)C)[nH]c(=O)c2c1C. The second-order valence-corrected chi connectivity index (χ2v) is 9.79. The molecule has 33 heavy (non-hydrogen) atoms. The van der Waals surface area contributed by atoms with Crippen molar-refractivity contribution in [3.63, 3.8) is 0 Å². The summed E-state index contributed by atoms with van der Waals surface area (Å²) in [7, 11) is 1.64. The summed E-state index contributed by atoms with van der Waals surface area (Å²) in [6.07, 6.45) is 1.55. The highest BCUT2D eigenvalue weighted by atomic mass is 32.1. The van der Waals surface area contributed by atoms with Gasteiger partial charge in [-0.05, 0) is 39.7 Å². The predicted octanol–water partition coefficient (Wildman–Crippen LogP) is 2.65. The average molecular weight is 482 g/mol. The number of nitrogens with zero attached hydrogens (tertiary/aromatic N) is 2. The lowest BCUT2D eigenvalue weighted by atomic mass is 10.2. The normalized spacial score (nSPS) is 12.9. The van der Waals surface area contributed by atoms with Crippen molar-refractivity contribution in [3.05, 3.63) is 39.3 Å². The number of aromatic amines is 1. The average Bonchev–Trinajstić information content (AvgIpc) is 3.07. The van der Waals surface area contributed by atoms with E-state index in [-0.39, 0.29) is 24.4 Å². The molecule has 0 aliphatic heterocycles. The summed E-state index contributed by atoms with van der Waals surface area (Å²) in [6.45, 7) is 13.3. The van der Waals surface area contributed by atoms with Crippen molar-refractivity contribution < 1.29 is 24.1 Å². The fourth-order valence-electron chi connectivity index (χ4n) is 3.23. The highest BCUT2D eigenvalue weighted by Gasteiger charge is 2.22. The van der Waals surface area contributed by atoms with Crippen LogP contribution in [0, 0.1) is 6.92 Å². The number of esters is 1. The maximum Gasteiger partial charge on any atom is 0.348 e. The van der Waals surface area contributed by atoms with E-state index in [0.717, 1.165) is 17.8 Å². The molecule has 0 saturated carbocycles. The Hall–Kier alpha value is -2.11. The van der Waals surface area contributed by atoms with Gasteiger partial charge in [0, 0.05) is 26.8 Å². The molecule has 2 N–H and O–H groups in total. The molecule has 184 valence electrons. The topological polar surface area (TPSA) is 114 Å². The van der Waals surface area contributed by atoms with Crippen LogP contribution in [0.5, 0.6) is 0 Å². The molecule has 2 heterocycles. The molecule has 9 nitrogen and oxygen atoms in total. The number of rotatable bonds is 13. The number of thiophene rings is 1. The number of fused-ring (bicyclic) bond motifs is 1. The van der Waals surface area contributed by atoms with E-state index in [1.165, 1.54) is 6.08 Å². The Kier molecular flexibility index (Phi) is 10.2. The molecule has 0 spiro atoms. The number of H-pyrrole nitrogens is 1. The minimum atomic E-state index is -0.697. The monoisotopic (exact) mass is 481 g/mol. The molecule has 0 fully saturated rings. The Morgan fingerprint density at radius 1 is 1.39 bits per heavy atom. The molecule has 2 aromatic heterocycles. The van der Waals surface area contributed by atoms with Crippen LogP contribution in [0.15, 0.2) is 17.4 Å². The van der Waals surface area contributed by atoms with E-state index in [4.69, 9.17) is 14.2 Å². The second kappa shape index (κ2) is 12.4. The molecule has 0 aliphatic carbocycles. The Morgan fingerprint density at radius 3 is 2.76 bits per heavy atom. The Bertz CT molecular complexity index is 994. The first-order chi connectivity index (χ1) is 15.6. The van der Waals surface area contributed by atoms with E-state index in [9.17, 15) is 14.7 Å². The zero-order valence-corrected chi connectivity index (χ0v) is 20.9. The maximum absolute atomic E-state index is 12.8. The van der Waals surface area contributed by atoms with Crippen LogP contribution in [0.25, 0.3) is 10.2 Å². The molecule has 2 rings (SSSR count). The molecular weight excluding hydrogens is 446 g/mol. The third-order valence-corrected chi connectivity index (χ3v) is 5.91. The van der Waals surface area contributed by atoms with E-state index < -0.39 is 12.1 Å². The molecule has 0 amide bonds. The van der Waals surface area contributed by atoms with Gasteiger partial charge in [0.15, 0.2) is 0 Å². The summed E-state index contributed by atoms with van der Waals surface area (Å²) in [5.41, 5.74) is -0.0996. The molecule has 2 aromatic rings. The fraction of sp³-hybridized carbons (Fsp3) is 0.609. The summed E-state index contributed by atoms with van der Waals surface area (Å²) in [5.74, 6) is -0.0411. The molecule has 0 bridgehead atoms. The van der Waals surface area contributed by atoms with Gasteiger partial charge in [-0.15, -0.1) is 11.3 Å². The van der Waals surface area contributed by atoms with Gasteiger partial charge in [-0.2, -0.15) is 0 Å². The van der Waals surface area contributed by atoms with Crippen LogP contribution in [-0.4, -0.2) is 77.7 Å². The minimum Gasteiger partial charge on any atom is -0.457 e. The van der Waals surface area contributed by atoms with Crippen LogP contribution < -0.4 is 5.56 Å². The number of methoxy groups -OCH3 is 1. The van der Waals surface area contributed by atoms with Crippen LogP contribution in [0.2, 0.25) is 0 Å². The third kappa shape index (κ3) is 8.31. The largest absolute Gasteiger partial charge is 0.457 e. The van der Waals surface area contributed by atoms with Gasteiger partial charge in [-0.1, -0.05) is 12.7 Å². The predicted molar refractivity (Wildman–Crippen MR) is 129 cm³/mol. The van der Waals surface area contributed by atoms with Crippen molar-refractivity contribution in [1.82, 2.24) is 14.9 Å². The number of aromatic nitrogens is 2. The Balaban J connectivity index is 2.22. The van der Waals surface area contributed by atoms with Gasteiger partial charge in [0.1, 0.15) is 22.1 Å². The minimum absolute atomic E-state index is 0.0965. The third-order valence-electron chi connectivity index (χ3n) is 4.74. The van der Waals surface area contributed by atoms with Gasteiger partial charge in [-0.25, -0.2) is 9.78 Å². The zero-order chi connectivity index (χ0) is 24.6. The van der Waals surface area contributed by atoms with E-state index >= 15 is 0 Å². The Morgan fingerprint density at radius 2 is 2.12 bits per heavy atom. The summed E-state index contributed by atoms with van der Waals surface area (Å²) >= 11 is 1.14. The van der Waals surface area contributed by atoms with Crippen molar-refractivity contribution >= 4 is 27.5 Å². The van der Waals surface area contributed by atoms with E-state index in [1.807, 2.05) is 25.7 Å². The quantitative estimate of drug-likeness (QED) is 0.255. The van der Waals surface area contributed by atoms with Gasteiger partial charge in [0.05, 0.1) is 30.2 Å². The highest BCUT2D eigenvalue weighted by molar-refractivity contribution is 7.20. The van der Waals surface area contributed by atoms with Crippen LogP contribution >= 0.6 is 11.3 Å². The van der Waals surface area contributed by atoms with Crippen LogP contribution in [-0.2, 0) is 20.8 Å². The Labute approximate surface area is 198 Å². The summed E-state index contributed by atoms with van der Waals surface area (Å²) < 4.78 is 16.0. The van der Waals surface area contributed by atoms with Gasteiger partial charge in [0.25, 0.3) is 5.56 Å². The number of hydrogen-bond acceptors (Lipinski definition) is 9. The van der Waals surface area contributed by atoms with Crippen molar-refractivity contribution in [1.29, 1.82) is 0 Å². The molecule has 1 unspecified atom stereocenters. The molecule has 1 atom stereocenters. The van der Waals surface area contributed by atoms with Gasteiger partial charge < -0.3 is 24.3 Å². The van der Waals surface area contributed by atoms with Gasteiger partial charge in [0.2, 0.25) is 0 Å². The zero-order valence-electron chi connectivity index (χ0n) is 20.1. The standard InChI is InChI=1S/C23H35N3O6S/c1-7-10-31-22(29)19-15(2)18-20(28)24-17(25-21(18)33-19)13-26(9-8-11-30-6)12-16(27)14-32-23(3,4)5/h7,16,27H,1,8-14H2,2-6H3,(H,24,25,28). The first-order valence-electron chi connectivity index (χ1n) is 10.9. The van der Waals surface area contributed by atoms with Crippen molar-refractivity contribution in [2.45, 2.75) is 52.4 Å². The summed E-state index contributed by atoms with van der Waals surface area (Å²) in [4.78, 5) is 35.3. The smallest absolute Gasteiger partial charge is 0.348 e. The van der Waals surface area contributed by atoms with Crippen molar-refractivity contribution in [3.8, 4) is 0 Å². The summed E-state index contributed by atoms with van der Waals surface area (Å²) in [5, 5.41) is 10.9. The first-order valence-corrected chi connectivity index (χ1v) is 11.7. The number of carbonyl (C=O) groups is 1. The molecule has 0 aromatic carbocycles. The molecule has 0 aliphatic rings. The number of ether oxygens (including phenoxy) is 3. The highest BCUT2D eigenvalue weighted by Crippen LogP contribution is 2.27. The van der Waals surface area contributed by atoms with Crippen molar-refractivity contribution in [2.24, 2.45) is 0 Å². The maximum atomic E-state index is 12.8. The molecule has 0 saturated heterocycles. The van der Waals surface area contributed by atoms with Gasteiger partial charge in [-0.3, -0.25) is 9.69 Å². The van der Waals surface area contributed by atoms with Crippen LogP contribution in [0.4, 0.5) is 0 Å². The fourth-order valence-corrected chi connectivity index (χ4v) is 4.33. The molecular formula is C23H35N3O6S. The van der Waals surface area contributed by atoms with E-state index in [2.05, 4.69) is 16.5 Å². The number of aliphatic hydroxyl groups is 1. The van der Waals surface area contributed by atoms with E-state index in [1.54, 1.807) is 14.0 Å². The number of nitrogens with one attached hydrogen (secondary N) is 1. The number of aryl methyl sites for hydroxylation is 1. The lowest BCUT2D eigenvalue weighted by Crippen LogP contribution is -2.38. The van der Waals surface area contributed by atoms with Crippen LogP contribution in [0.1, 0.15) is 48.3 Å². The van der Waals surface area contributed by atoms with Crippen LogP contribution in [0.3, 0.4) is 0 Å². The number of aliphatic hydroxyl groups excluding tert-OH is 1. The number of hydrogen-bond donors (Lipinski definition) is 2. The molecule has 10 heteroatoms. The van der Waals surface area contributed by atoms with Crippen molar-refractivity contribution in [2.75, 3.05) is 40.0 Å². The van der Waals surface area contributed by atoms with Gasteiger partial charge >= 0.3 is 5.97 Å². The lowest BCUT2D eigenvalue weighted by Gasteiger charge is -2.27. The molecule has 0 radical (unpaired) electrons. The lowest BCUT2D eigenvalue weighted by molar-refractivity contribution is -0.0571.